The molecule has 1 N–H and O–H groups in total. The van der Waals surface area contributed by atoms with Gasteiger partial charge in [0.05, 0.1) is 11.6 Å². The average Bonchev–Trinajstić information content (AvgIpc) is 2.71. The minimum atomic E-state index is -0.860. The van der Waals surface area contributed by atoms with Gasteiger partial charge in [0.2, 0.25) is 0 Å². The van der Waals surface area contributed by atoms with E-state index in [1.165, 1.54) is 6.07 Å². The van der Waals surface area contributed by atoms with Gasteiger partial charge in [0.1, 0.15) is 5.52 Å². The summed E-state index contributed by atoms with van der Waals surface area (Å²) in [6.07, 6.45) is 0.830. The number of nitrogens with one attached hydrogen (secondary N) is 1. The number of aromatic nitrogens is 2. The molecule has 20 heavy (non-hydrogen) atoms. The van der Waals surface area contributed by atoms with Crippen molar-refractivity contribution in [3.63, 3.8) is 0 Å². The van der Waals surface area contributed by atoms with Crippen LogP contribution in [0.1, 0.15) is 26.3 Å². The molecule has 0 spiro atoms. The maximum atomic E-state index is 14.1. The Hall–Kier alpha value is -1.27. The van der Waals surface area contributed by atoms with Gasteiger partial charge in [-0.2, -0.15) is 0 Å². The van der Waals surface area contributed by atoms with E-state index in [2.05, 4.69) is 4.98 Å². The van der Waals surface area contributed by atoms with Gasteiger partial charge in [-0.1, -0.05) is 13.8 Å². The van der Waals surface area contributed by atoms with Crippen LogP contribution in [0.2, 0.25) is 0 Å². The molecule has 0 amide bonds. The summed E-state index contributed by atoms with van der Waals surface area (Å²) in [6, 6.07) is 2.61. The Kier molecular flexibility index (Phi) is 2.99. The van der Waals surface area contributed by atoms with Crippen LogP contribution in [-0.2, 0) is 4.74 Å². The molecule has 1 fully saturated rings. The lowest BCUT2D eigenvalue weighted by Crippen LogP contribution is -2.51. The van der Waals surface area contributed by atoms with Crippen LogP contribution >= 0.6 is 12.2 Å². The third-order valence-corrected chi connectivity index (χ3v) is 4.79. The summed E-state index contributed by atoms with van der Waals surface area (Å²) in [6.45, 7) is 4.10. The predicted molar refractivity (Wildman–Crippen MR) is 75.3 cm³/mol. The minimum Gasteiger partial charge on any atom is -0.381 e. The lowest BCUT2D eigenvalue weighted by atomic mass is 9.64. The first kappa shape index (κ1) is 13.7. The van der Waals surface area contributed by atoms with E-state index in [1.807, 2.05) is 13.8 Å². The van der Waals surface area contributed by atoms with Crippen molar-refractivity contribution in [2.45, 2.75) is 32.4 Å². The number of methoxy groups -OCH3 is 1. The SMILES string of the molecule is COC1CC(n2c(=S)[nH]c3ccc(F)c(F)c32)C1(C)C. The average molecular weight is 298 g/mol. The van der Waals surface area contributed by atoms with E-state index in [0.29, 0.717) is 10.3 Å². The molecule has 2 atom stereocenters. The van der Waals surface area contributed by atoms with Gasteiger partial charge in [-0.15, -0.1) is 0 Å². The van der Waals surface area contributed by atoms with E-state index in [1.54, 1.807) is 11.7 Å². The standard InChI is InChI=1S/C14H16F2N2OS/c1-14(2)9(6-10(14)19-3)18-12-8(17-13(18)20)5-4-7(15)11(12)16/h4-5,9-10H,6H2,1-3H3,(H,17,20). The van der Waals surface area contributed by atoms with Crippen LogP contribution < -0.4 is 0 Å². The molecule has 2 aromatic rings. The molecule has 1 heterocycles. The van der Waals surface area contributed by atoms with Crippen LogP contribution in [0.4, 0.5) is 8.78 Å². The lowest BCUT2D eigenvalue weighted by molar-refractivity contribution is -0.112. The highest BCUT2D eigenvalue weighted by molar-refractivity contribution is 7.71. The van der Waals surface area contributed by atoms with Crippen LogP contribution in [0.3, 0.4) is 0 Å². The third kappa shape index (κ3) is 1.67. The summed E-state index contributed by atoms with van der Waals surface area (Å²) in [5, 5.41) is 0. The van der Waals surface area contributed by atoms with Crippen molar-refractivity contribution in [3.05, 3.63) is 28.5 Å². The lowest BCUT2D eigenvalue weighted by Gasteiger charge is -2.51. The van der Waals surface area contributed by atoms with Crippen molar-refractivity contribution < 1.29 is 13.5 Å². The Morgan fingerprint density at radius 2 is 2.10 bits per heavy atom. The number of nitrogens with zero attached hydrogens (tertiary/aromatic N) is 1. The molecule has 1 aromatic heterocycles. The number of ether oxygens (including phenoxy) is 1. The summed E-state index contributed by atoms with van der Waals surface area (Å²) < 4.78 is 35.1. The van der Waals surface area contributed by atoms with Gasteiger partial charge in [0, 0.05) is 18.6 Å². The second-order valence-electron chi connectivity index (χ2n) is 5.85. The Balaban J connectivity index is 2.21. The van der Waals surface area contributed by atoms with E-state index in [4.69, 9.17) is 17.0 Å². The molecule has 0 radical (unpaired) electrons. The summed E-state index contributed by atoms with van der Waals surface area (Å²) in [4.78, 5) is 2.95. The number of aromatic amines is 1. The predicted octanol–water partition coefficient (Wildman–Crippen LogP) is 3.96. The van der Waals surface area contributed by atoms with Crippen LogP contribution in [0, 0.1) is 21.8 Å². The van der Waals surface area contributed by atoms with Gasteiger partial charge in [-0.3, -0.25) is 0 Å². The molecule has 108 valence electrons. The Morgan fingerprint density at radius 3 is 2.70 bits per heavy atom. The molecule has 1 aromatic carbocycles. The maximum absolute atomic E-state index is 14.1. The number of imidazole rings is 1. The highest BCUT2D eigenvalue weighted by atomic mass is 32.1. The van der Waals surface area contributed by atoms with Crippen LogP contribution in [0.25, 0.3) is 11.0 Å². The van der Waals surface area contributed by atoms with E-state index in [0.717, 1.165) is 12.5 Å². The first-order valence-electron chi connectivity index (χ1n) is 6.49. The van der Waals surface area contributed by atoms with Crippen molar-refractivity contribution >= 4 is 23.3 Å². The topological polar surface area (TPSA) is 29.9 Å². The first-order chi connectivity index (χ1) is 9.37. The maximum Gasteiger partial charge on any atom is 0.184 e. The fraction of sp³-hybridized carbons (Fsp3) is 0.500. The number of hydrogen-bond acceptors (Lipinski definition) is 2. The van der Waals surface area contributed by atoms with Gasteiger partial charge in [-0.25, -0.2) is 8.78 Å². The van der Waals surface area contributed by atoms with E-state index >= 15 is 0 Å². The highest BCUT2D eigenvalue weighted by Gasteiger charge is 2.50. The molecule has 6 heteroatoms. The van der Waals surface area contributed by atoms with Gasteiger partial charge in [0.25, 0.3) is 0 Å². The quantitative estimate of drug-likeness (QED) is 0.850. The number of H-pyrrole nitrogens is 1. The smallest absolute Gasteiger partial charge is 0.184 e. The Bertz CT molecular complexity index is 735. The normalized spacial score (nSPS) is 24.9. The molecule has 1 aliphatic carbocycles. The van der Waals surface area contributed by atoms with Crippen molar-refractivity contribution in [1.82, 2.24) is 9.55 Å². The Labute approximate surface area is 120 Å². The number of rotatable bonds is 2. The molecule has 1 aliphatic rings. The molecular weight excluding hydrogens is 282 g/mol. The second-order valence-corrected chi connectivity index (χ2v) is 6.24. The Morgan fingerprint density at radius 1 is 1.40 bits per heavy atom. The second kappa shape index (κ2) is 4.36. The molecule has 1 saturated carbocycles. The van der Waals surface area contributed by atoms with Gasteiger partial charge < -0.3 is 14.3 Å². The molecule has 0 bridgehead atoms. The van der Waals surface area contributed by atoms with Crippen molar-refractivity contribution in [1.29, 1.82) is 0 Å². The van der Waals surface area contributed by atoms with Gasteiger partial charge in [-0.05, 0) is 30.8 Å². The zero-order chi connectivity index (χ0) is 14.7. The van der Waals surface area contributed by atoms with E-state index < -0.39 is 11.6 Å². The molecule has 0 aliphatic heterocycles. The zero-order valence-electron chi connectivity index (χ0n) is 11.5. The van der Waals surface area contributed by atoms with Gasteiger partial charge in [0.15, 0.2) is 16.4 Å². The monoisotopic (exact) mass is 298 g/mol. The first-order valence-corrected chi connectivity index (χ1v) is 6.89. The fourth-order valence-electron chi connectivity index (χ4n) is 3.15. The highest BCUT2D eigenvalue weighted by Crippen LogP contribution is 2.52. The summed E-state index contributed by atoms with van der Waals surface area (Å²) in [7, 11) is 1.66. The molecule has 3 nitrogen and oxygen atoms in total. The van der Waals surface area contributed by atoms with Crippen LogP contribution in [0.15, 0.2) is 12.1 Å². The van der Waals surface area contributed by atoms with Crippen LogP contribution in [0.5, 0.6) is 0 Å². The van der Waals surface area contributed by atoms with E-state index in [-0.39, 0.29) is 23.1 Å². The largest absolute Gasteiger partial charge is 0.381 e. The van der Waals surface area contributed by atoms with E-state index in [9.17, 15) is 8.78 Å². The van der Waals surface area contributed by atoms with Crippen molar-refractivity contribution in [2.75, 3.05) is 7.11 Å². The van der Waals surface area contributed by atoms with Crippen molar-refractivity contribution in [3.8, 4) is 0 Å². The summed E-state index contributed by atoms with van der Waals surface area (Å²) in [5.41, 5.74) is 0.550. The third-order valence-electron chi connectivity index (χ3n) is 4.49. The minimum absolute atomic E-state index is 0.00926. The molecular formula is C14H16F2N2OS. The number of hydrogen-bond donors (Lipinski definition) is 1. The number of fused-ring (bicyclic) bond motifs is 1. The van der Waals surface area contributed by atoms with Crippen molar-refractivity contribution in [2.24, 2.45) is 5.41 Å². The summed E-state index contributed by atoms with van der Waals surface area (Å²) >= 11 is 5.29. The summed E-state index contributed by atoms with van der Waals surface area (Å²) in [5.74, 6) is -1.72. The number of halogens is 2. The van der Waals surface area contributed by atoms with Crippen LogP contribution in [-0.4, -0.2) is 22.8 Å². The van der Waals surface area contributed by atoms with Gasteiger partial charge >= 0.3 is 0 Å². The fourth-order valence-corrected chi connectivity index (χ4v) is 3.48. The molecule has 2 unspecified atom stereocenters. The molecule has 3 rings (SSSR count). The zero-order valence-corrected chi connectivity index (χ0v) is 12.4. The number of benzene rings is 1. The molecule has 0 saturated heterocycles.